The summed E-state index contributed by atoms with van der Waals surface area (Å²) in [5.74, 6) is -0.386. The number of rotatable bonds is 6. The zero-order valence-electron chi connectivity index (χ0n) is 16.7. The van der Waals surface area contributed by atoms with E-state index in [4.69, 9.17) is 0 Å². The van der Waals surface area contributed by atoms with Crippen LogP contribution in [-0.4, -0.2) is 11.8 Å². The molecule has 1 atom stereocenters. The second kappa shape index (κ2) is 9.58. The van der Waals surface area contributed by atoms with Gasteiger partial charge in [0, 0.05) is 15.7 Å². The van der Waals surface area contributed by atoms with Gasteiger partial charge in [-0.25, -0.2) is 0 Å². The molecular weight excluding hydrogens is 452 g/mol. The summed E-state index contributed by atoms with van der Waals surface area (Å²) < 4.78 is 0.935. The molecule has 4 rings (SSSR count). The molecular formula is C26H21BrN2O2. The SMILES string of the molecule is O=C(C[C@H](NC(=O)c1ccccc1)c1ccc(Br)cc1)Nc1ccc2ccccc2c1. The minimum absolute atomic E-state index is 0.118. The van der Waals surface area contributed by atoms with E-state index in [9.17, 15) is 9.59 Å². The first kappa shape index (κ1) is 20.8. The number of amides is 2. The van der Waals surface area contributed by atoms with Gasteiger partial charge in [-0.2, -0.15) is 0 Å². The van der Waals surface area contributed by atoms with Gasteiger partial charge in [0.1, 0.15) is 0 Å². The second-order valence-electron chi connectivity index (χ2n) is 7.26. The molecule has 0 spiro atoms. The zero-order chi connectivity index (χ0) is 21.6. The van der Waals surface area contributed by atoms with Crippen molar-refractivity contribution in [2.24, 2.45) is 0 Å². The molecule has 4 aromatic rings. The first-order valence-corrected chi connectivity index (χ1v) is 10.8. The largest absolute Gasteiger partial charge is 0.345 e. The molecule has 154 valence electrons. The van der Waals surface area contributed by atoms with E-state index >= 15 is 0 Å². The standard InChI is InChI=1S/C26H21BrN2O2/c27-22-13-10-19(11-14-22)24(29-26(31)20-7-2-1-3-8-20)17-25(30)28-23-15-12-18-6-4-5-9-21(18)16-23/h1-16,24H,17H2,(H,28,30)(H,29,31)/t24-/m0/s1. The lowest BCUT2D eigenvalue weighted by molar-refractivity contribution is -0.116. The van der Waals surface area contributed by atoms with E-state index in [2.05, 4.69) is 26.6 Å². The van der Waals surface area contributed by atoms with Gasteiger partial charge in [0.2, 0.25) is 5.91 Å². The van der Waals surface area contributed by atoms with Crippen LogP contribution in [0.25, 0.3) is 10.8 Å². The van der Waals surface area contributed by atoms with Crippen LogP contribution in [0, 0.1) is 0 Å². The van der Waals surface area contributed by atoms with Crippen LogP contribution in [0.15, 0.2) is 102 Å². The molecule has 0 fully saturated rings. The number of nitrogens with one attached hydrogen (secondary N) is 2. The summed E-state index contributed by atoms with van der Waals surface area (Å²) in [5, 5.41) is 8.13. The lowest BCUT2D eigenvalue weighted by Gasteiger charge is -2.19. The fourth-order valence-corrected chi connectivity index (χ4v) is 3.71. The monoisotopic (exact) mass is 472 g/mol. The summed E-state index contributed by atoms with van der Waals surface area (Å²) in [6.45, 7) is 0. The molecule has 4 aromatic carbocycles. The molecule has 0 saturated carbocycles. The highest BCUT2D eigenvalue weighted by Gasteiger charge is 2.19. The van der Waals surface area contributed by atoms with E-state index in [0.717, 1.165) is 26.5 Å². The van der Waals surface area contributed by atoms with Gasteiger partial charge in [-0.15, -0.1) is 0 Å². The van der Waals surface area contributed by atoms with Crippen LogP contribution in [0.2, 0.25) is 0 Å². The number of anilines is 1. The first-order chi connectivity index (χ1) is 15.1. The molecule has 0 aliphatic carbocycles. The van der Waals surface area contributed by atoms with Crippen LogP contribution in [0.4, 0.5) is 5.69 Å². The number of fused-ring (bicyclic) bond motifs is 1. The van der Waals surface area contributed by atoms with Crippen molar-refractivity contribution in [1.29, 1.82) is 0 Å². The van der Waals surface area contributed by atoms with Gasteiger partial charge in [-0.05, 0) is 52.7 Å². The van der Waals surface area contributed by atoms with Crippen molar-refractivity contribution >= 4 is 44.2 Å². The van der Waals surface area contributed by atoms with Gasteiger partial charge in [-0.3, -0.25) is 9.59 Å². The van der Waals surface area contributed by atoms with Gasteiger partial charge in [0.25, 0.3) is 5.91 Å². The fourth-order valence-electron chi connectivity index (χ4n) is 3.44. The third kappa shape index (κ3) is 5.38. The highest BCUT2D eigenvalue weighted by atomic mass is 79.9. The van der Waals surface area contributed by atoms with E-state index in [0.29, 0.717) is 5.56 Å². The Balaban J connectivity index is 1.52. The molecule has 0 radical (unpaired) electrons. The summed E-state index contributed by atoms with van der Waals surface area (Å²) >= 11 is 3.43. The minimum atomic E-state index is -0.457. The fraction of sp³-hybridized carbons (Fsp3) is 0.0769. The van der Waals surface area contributed by atoms with Gasteiger partial charge in [0.05, 0.1) is 12.5 Å². The van der Waals surface area contributed by atoms with Crippen molar-refractivity contribution < 1.29 is 9.59 Å². The highest BCUT2D eigenvalue weighted by Crippen LogP contribution is 2.23. The summed E-state index contributed by atoms with van der Waals surface area (Å²) in [4.78, 5) is 25.6. The first-order valence-electron chi connectivity index (χ1n) is 9.98. The van der Waals surface area contributed by atoms with Crippen LogP contribution in [0.1, 0.15) is 28.4 Å². The molecule has 0 heterocycles. The van der Waals surface area contributed by atoms with E-state index in [1.165, 1.54) is 0 Å². The Morgan fingerprint density at radius 2 is 1.45 bits per heavy atom. The van der Waals surface area contributed by atoms with Gasteiger partial charge in [-0.1, -0.05) is 76.6 Å². The van der Waals surface area contributed by atoms with Crippen LogP contribution in [0.5, 0.6) is 0 Å². The summed E-state index contributed by atoms with van der Waals surface area (Å²) in [7, 11) is 0. The Kier molecular flexibility index (Phi) is 6.43. The van der Waals surface area contributed by atoms with Gasteiger partial charge < -0.3 is 10.6 Å². The summed E-state index contributed by atoms with van der Waals surface area (Å²) in [6.07, 6.45) is 0.118. The summed E-state index contributed by atoms with van der Waals surface area (Å²) in [6, 6.07) is 30.0. The number of hydrogen-bond donors (Lipinski definition) is 2. The molecule has 2 N–H and O–H groups in total. The molecule has 0 aliphatic heterocycles. The van der Waals surface area contributed by atoms with E-state index in [-0.39, 0.29) is 18.2 Å². The number of hydrogen-bond acceptors (Lipinski definition) is 2. The average molecular weight is 473 g/mol. The van der Waals surface area contributed by atoms with Crippen molar-refractivity contribution in [2.45, 2.75) is 12.5 Å². The van der Waals surface area contributed by atoms with Crippen molar-refractivity contribution in [1.82, 2.24) is 5.32 Å². The van der Waals surface area contributed by atoms with Crippen molar-refractivity contribution in [3.05, 3.63) is 113 Å². The molecule has 31 heavy (non-hydrogen) atoms. The highest BCUT2D eigenvalue weighted by molar-refractivity contribution is 9.10. The molecule has 0 saturated heterocycles. The predicted octanol–water partition coefficient (Wildman–Crippen LogP) is 6.10. The van der Waals surface area contributed by atoms with Crippen molar-refractivity contribution in [2.75, 3.05) is 5.32 Å². The van der Waals surface area contributed by atoms with Crippen LogP contribution in [-0.2, 0) is 4.79 Å². The lowest BCUT2D eigenvalue weighted by Crippen LogP contribution is -2.31. The summed E-state index contributed by atoms with van der Waals surface area (Å²) in [5.41, 5.74) is 2.15. The van der Waals surface area contributed by atoms with E-state index in [1.807, 2.05) is 84.9 Å². The minimum Gasteiger partial charge on any atom is -0.345 e. The number of benzene rings is 4. The Morgan fingerprint density at radius 1 is 0.774 bits per heavy atom. The second-order valence-corrected chi connectivity index (χ2v) is 8.17. The average Bonchev–Trinajstić information content (AvgIpc) is 2.79. The quantitative estimate of drug-likeness (QED) is 0.356. The topological polar surface area (TPSA) is 58.2 Å². The number of carbonyl (C=O) groups is 2. The maximum Gasteiger partial charge on any atom is 0.251 e. The van der Waals surface area contributed by atoms with Crippen LogP contribution < -0.4 is 10.6 Å². The number of carbonyl (C=O) groups excluding carboxylic acids is 2. The predicted molar refractivity (Wildman–Crippen MR) is 128 cm³/mol. The molecule has 0 aromatic heterocycles. The Labute approximate surface area is 189 Å². The molecule has 2 amide bonds. The number of halogens is 1. The maximum absolute atomic E-state index is 12.8. The molecule has 4 nitrogen and oxygen atoms in total. The zero-order valence-corrected chi connectivity index (χ0v) is 18.3. The van der Waals surface area contributed by atoms with E-state index < -0.39 is 6.04 Å². The normalized spacial score (nSPS) is 11.6. The van der Waals surface area contributed by atoms with Gasteiger partial charge >= 0.3 is 0 Å². The molecule has 0 unspecified atom stereocenters. The Bertz CT molecular complexity index is 1210. The molecule has 5 heteroatoms. The molecule has 0 aliphatic rings. The third-order valence-corrected chi connectivity index (χ3v) is 5.57. The lowest BCUT2D eigenvalue weighted by atomic mass is 10.0. The Morgan fingerprint density at radius 3 is 2.19 bits per heavy atom. The van der Waals surface area contributed by atoms with E-state index in [1.54, 1.807) is 12.1 Å². The Hall–Kier alpha value is -3.44. The van der Waals surface area contributed by atoms with Crippen molar-refractivity contribution in [3.63, 3.8) is 0 Å². The van der Waals surface area contributed by atoms with Crippen molar-refractivity contribution in [3.8, 4) is 0 Å². The van der Waals surface area contributed by atoms with Crippen LogP contribution in [0.3, 0.4) is 0 Å². The van der Waals surface area contributed by atoms with Crippen LogP contribution >= 0.6 is 15.9 Å². The molecule has 0 bridgehead atoms. The maximum atomic E-state index is 12.8. The van der Waals surface area contributed by atoms with Gasteiger partial charge in [0.15, 0.2) is 0 Å². The third-order valence-electron chi connectivity index (χ3n) is 5.04. The smallest absolute Gasteiger partial charge is 0.251 e.